The minimum Gasteiger partial charge on any atom is -0.474 e. The molecule has 5 rings (SSSR count). The number of aliphatic hydroxyl groups is 1. The second-order valence-electron chi connectivity index (χ2n) is 8.80. The van der Waals surface area contributed by atoms with Crippen molar-refractivity contribution < 1.29 is 14.6 Å². The van der Waals surface area contributed by atoms with E-state index >= 15 is 0 Å². The molecule has 1 saturated carbocycles. The van der Waals surface area contributed by atoms with Crippen LogP contribution in [0.3, 0.4) is 0 Å². The number of benzene rings is 1. The molecule has 2 fully saturated rings. The Morgan fingerprint density at radius 2 is 1.97 bits per heavy atom. The van der Waals surface area contributed by atoms with Crippen molar-refractivity contribution in [2.24, 2.45) is 0 Å². The molecule has 3 aromatic rings. The number of ether oxygens (including phenoxy) is 1. The molecule has 1 amide bonds. The van der Waals surface area contributed by atoms with Gasteiger partial charge in [0.15, 0.2) is 0 Å². The first-order valence-corrected chi connectivity index (χ1v) is 12.1. The number of aromatic nitrogens is 4. The van der Waals surface area contributed by atoms with Gasteiger partial charge in [0, 0.05) is 25.5 Å². The number of carbonyl (C=O) groups is 1. The number of carbonyl (C=O) groups excluding carboxylic acids is 1. The molecular weight excluding hydrogens is 493 g/mol. The van der Waals surface area contributed by atoms with Gasteiger partial charge in [0.2, 0.25) is 11.8 Å². The number of para-hydroxylation sites is 1. The van der Waals surface area contributed by atoms with Crippen molar-refractivity contribution in [3.8, 4) is 5.88 Å². The highest BCUT2D eigenvalue weighted by Crippen LogP contribution is 2.33. The fourth-order valence-corrected chi connectivity index (χ4v) is 4.40. The highest BCUT2D eigenvalue weighted by Gasteiger charge is 2.29. The zero-order valence-corrected chi connectivity index (χ0v) is 20.5. The van der Waals surface area contributed by atoms with Crippen molar-refractivity contribution in [3.63, 3.8) is 0 Å². The van der Waals surface area contributed by atoms with E-state index in [-0.39, 0.29) is 29.5 Å². The van der Waals surface area contributed by atoms with Gasteiger partial charge in [0.05, 0.1) is 39.8 Å². The van der Waals surface area contributed by atoms with Gasteiger partial charge in [-0.1, -0.05) is 29.3 Å². The van der Waals surface area contributed by atoms with Gasteiger partial charge >= 0.3 is 0 Å². The van der Waals surface area contributed by atoms with Crippen LogP contribution in [0.2, 0.25) is 10.0 Å². The summed E-state index contributed by atoms with van der Waals surface area (Å²) >= 11 is 12.4. The number of hydrogen-bond acceptors (Lipinski definition) is 8. The summed E-state index contributed by atoms with van der Waals surface area (Å²) in [6.45, 7) is 1.49. The molecule has 1 aliphatic heterocycles. The van der Waals surface area contributed by atoms with Gasteiger partial charge in [0.1, 0.15) is 11.7 Å². The van der Waals surface area contributed by atoms with E-state index in [1.807, 2.05) is 13.2 Å². The first-order valence-electron chi connectivity index (χ1n) is 11.3. The van der Waals surface area contributed by atoms with Crippen LogP contribution in [0.25, 0.3) is 0 Å². The summed E-state index contributed by atoms with van der Waals surface area (Å²) in [5.74, 6) is -0.0495. The topological polar surface area (TPSA) is 117 Å². The van der Waals surface area contributed by atoms with Crippen molar-refractivity contribution in [2.75, 3.05) is 30.8 Å². The average Bonchev–Trinajstić information content (AvgIpc) is 3.52. The molecule has 3 heterocycles. The summed E-state index contributed by atoms with van der Waals surface area (Å²) in [6.07, 6.45) is 6.97. The number of halogens is 2. The summed E-state index contributed by atoms with van der Waals surface area (Å²) < 4.78 is 7.66. The summed E-state index contributed by atoms with van der Waals surface area (Å²) in [5, 5.41) is 21.3. The molecule has 2 atom stereocenters. The van der Waals surface area contributed by atoms with Crippen LogP contribution < -0.4 is 15.4 Å². The number of amides is 1. The molecule has 3 N–H and O–H groups in total. The zero-order valence-electron chi connectivity index (χ0n) is 19.0. The smallest absolute Gasteiger partial charge is 0.262 e. The van der Waals surface area contributed by atoms with Gasteiger partial charge in [-0.2, -0.15) is 10.1 Å². The lowest BCUT2D eigenvalue weighted by Gasteiger charge is -2.33. The summed E-state index contributed by atoms with van der Waals surface area (Å²) in [4.78, 5) is 23.8. The third-order valence-electron chi connectivity index (χ3n) is 5.95. The number of anilines is 3. The van der Waals surface area contributed by atoms with E-state index < -0.39 is 12.0 Å². The fraction of sp³-hybridized carbons (Fsp3) is 0.391. The lowest BCUT2D eigenvalue weighted by molar-refractivity contribution is 0.0332. The normalized spacial score (nSPS) is 20.5. The number of rotatable bonds is 7. The second kappa shape index (κ2) is 9.98. The van der Waals surface area contributed by atoms with Crippen molar-refractivity contribution in [3.05, 3.63) is 52.4 Å². The van der Waals surface area contributed by atoms with Crippen LogP contribution in [-0.4, -0.2) is 68.0 Å². The number of likely N-dealkylation sites (N-methyl/N-ethyl adjacent to an activating group) is 1. The Morgan fingerprint density at radius 1 is 1.20 bits per heavy atom. The lowest BCUT2D eigenvalue weighted by atomic mass is 10.0. The van der Waals surface area contributed by atoms with Crippen LogP contribution in [0, 0.1) is 0 Å². The molecule has 10 nitrogen and oxygen atoms in total. The van der Waals surface area contributed by atoms with Gasteiger partial charge in [-0.3, -0.25) is 9.48 Å². The molecule has 1 aliphatic carbocycles. The lowest BCUT2D eigenvalue weighted by Crippen LogP contribution is -2.42. The fourth-order valence-electron chi connectivity index (χ4n) is 3.91. The van der Waals surface area contributed by atoms with Crippen molar-refractivity contribution >= 4 is 46.4 Å². The number of nitrogens with one attached hydrogen (secondary N) is 2. The second-order valence-corrected chi connectivity index (χ2v) is 9.61. The Morgan fingerprint density at radius 3 is 2.69 bits per heavy atom. The van der Waals surface area contributed by atoms with E-state index in [1.165, 1.54) is 6.20 Å². The number of likely N-dealkylation sites (tertiary alicyclic amines) is 1. The maximum Gasteiger partial charge on any atom is 0.262 e. The van der Waals surface area contributed by atoms with E-state index in [2.05, 4.69) is 30.6 Å². The SMILES string of the molecule is CN1CCC(n2cc(Nc3ncc(C(=O)Nc4c(Cl)cccc4Cl)c(OC4CC4)n3)cn2)C(O)C1. The molecule has 0 bridgehead atoms. The van der Waals surface area contributed by atoms with E-state index in [4.69, 9.17) is 27.9 Å². The van der Waals surface area contributed by atoms with E-state index in [1.54, 1.807) is 29.1 Å². The molecule has 2 aliphatic rings. The molecule has 184 valence electrons. The first kappa shape index (κ1) is 23.8. The summed E-state index contributed by atoms with van der Waals surface area (Å²) in [6, 6.07) is 4.87. The average molecular weight is 518 g/mol. The number of hydrogen-bond donors (Lipinski definition) is 3. The predicted molar refractivity (Wildman–Crippen MR) is 133 cm³/mol. The van der Waals surface area contributed by atoms with Crippen molar-refractivity contribution in [2.45, 2.75) is 37.5 Å². The molecule has 12 heteroatoms. The van der Waals surface area contributed by atoms with E-state index in [0.29, 0.717) is 28.0 Å². The number of β-amino-alcohol motifs (C(OH)–C–C–N with tert-alkyl or cyclic N) is 1. The molecule has 0 spiro atoms. The Balaban J connectivity index is 1.34. The molecule has 1 saturated heterocycles. The molecule has 0 radical (unpaired) electrons. The third-order valence-corrected chi connectivity index (χ3v) is 6.58. The zero-order chi connectivity index (χ0) is 24.5. The minimum absolute atomic E-state index is 0.0156. The molecule has 2 unspecified atom stereocenters. The largest absolute Gasteiger partial charge is 0.474 e. The van der Waals surface area contributed by atoms with Crippen LogP contribution in [0.1, 0.15) is 35.7 Å². The Hall–Kier alpha value is -2.92. The summed E-state index contributed by atoms with van der Waals surface area (Å²) in [5.41, 5.74) is 1.14. The van der Waals surface area contributed by atoms with Crippen LogP contribution in [0.5, 0.6) is 5.88 Å². The maximum atomic E-state index is 13.0. The Bertz CT molecular complexity index is 1210. The minimum atomic E-state index is -0.499. The van der Waals surface area contributed by atoms with Gasteiger partial charge in [-0.25, -0.2) is 4.98 Å². The van der Waals surface area contributed by atoms with Crippen LogP contribution >= 0.6 is 23.2 Å². The van der Waals surface area contributed by atoms with Gasteiger partial charge in [-0.05, 0) is 38.4 Å². The quantitative estimate of drug-likeness (QED) is 0.433. The molecular formula is C23H25Cl2N7O3. The van der Waals surface area contributed by atoms with Crippen LogP contribution in [0.4, 0.5) is 17.3 Å². The Kier molecular flexibility index (Phi) is 6.79. The van der Waals surface area contributed by atoms with Crippen LogP contribution in [-0.2, 0) is 0 Å². The highest BCUT2D eigenvalue weighted by molar-refractivity contribution is 6.40. The highest BCUT2D eigenvalue weighted by atomic mass is 35.5. The number of piperidine rings is 1. The number of nitrogens with zero attached hydrogens (tertiary/aromatic N) is 5. The van der Waals surface area contributed by atoms with Gasteiger partial charge < -0.3 is 25.4 Å². The van der Waals surface area contributed by atoms with Gasteiger partial charge in [0.25, 0.3) is 5.91 Å². The third kappa shape index (κ3) is 5.51. The summed E-state index contributed by atoms with van der Waals surface area (Å²) in [7, 11) is 1.99. The standard InChI is InChI=1S/C23H25Cl2N7O3/c1-31-8-7-18(19(33)12-31)32-11-13(9-27-32)28-23-26-10-15(22(30-23)35-14-5-6-14)21(34)29-20-16(24)3-2-4-17(20)25/h2-4,9-11,14,18-19,33H,5-8,12H2,1H3,(H,29,34)(H,26,28,30). The van der Waals surface area contributed by atoms with Crippen LogP contribution in [0.15, 0.2) is 36.8 Å². The monoisotopic (exact) mass is 517 g/mol. The molecule has 1 aromatic carbocycles. The maximum absolute atomic E-state index is 13.0. The Labute approximate surface area is 212 Å². The predicted octanol–water partition coefficient (Wildman–Crippen LogP) is 3.75. The van der Waals surface area contributed by atoms with Crippen molar-refractivity contribution in [1.29, 1.82) is 0 Å². The van der Waals surface area contributed by atoms with Gasteiger partial charge in [-0.15, -0.1) is 0 Å². The van der Waals surface area contributed by atoms with E-state index in [0.717, 1.165) is 25.8 Å². The number of aliphatic hydroxyl groups excluding tert-OH is 1. The van der Waals surface area contributed by atoms with E-state index in [9.17, 15) is 9.90 Å². The van der Waals surface area contributed by atoms with Crippen molar-refractivity contribution in [1.82, 2.24) is 24.6 Å². The first-order chi connectivity index (χ1) is 16.9. The molecule has 2 aromatic heterocycles. The molecule has 35 heavy (non-hydrogen) atoms.